The van der Waals surface area contributed by atoms with E-state index in [9.17, 15) is 18.0 Å². The van der Waals surface area contributed by atoms with Gasteiger partial charge in [0.2, 0.25) is 21.8 Å². The Morgan fingerprint density at radius 2 is 1.63 bits per heavy atom. The highest BCUT2D eigenvalue weighted by Gasteiger charge is 2.41. The molecule has 1 aliphatic rings. The second-order valence-electron chi connectivity index (χ2n) is 7.48. The summed E-state index contributed by atoms with van der Waals surface area (Å²) in [6.07, 6.45) is 2.54. The number of nitrogens with one attached hydrogen (secondary N) is 3. The summed E-state index contributed by atoms with van der Waals surface area (Å²) in [5, 5.41) is 6.20. The van der Waals surface area contributed by atoms with Crippen LogP contribution in [0.25, 0.3) is 0 Å². The molecule has 0 aliphatic heterocycles. The Kier molecular flexibility index (Phi) is 6.50. The van der Waals surface area contributed by atoms with E-state index in [1.54, 1.807) is 12.1 Å². The SMILES string of the molecule is CC(=O)Nc1ccc(S(=O)(=O)N[C@@H](C)C(=O)NC2(c3ccc(Cl)cc3)CCC2)cc1. The van der Waals surface area contributed by atoms with Gasteiger partial charge in [-0.3, -0.25) is 9.59 Å². The summed E-state index contributed by atoms with van der Waals surface area (Å²) < 4.78 is 27.7. The van der Waals surface area contributed by atoms with Crippen molar-refractivity contribution in [1.29, 1.82) is 0 Å². The monoisotopic (exact) mass is 449 g/mol. The largest absolute Gasteiger partial charge is 0.345 e. The fraction of sp³-hybridized carbons (Fsp3) is 0.333. The summed E-state index contributed by atoms with van der Waals surface area (Å²) in [6.45, 7) is 2.87. The number of carbonyl (C=O) groups excluding carboxylic acids is 2. The van der Waals surface area contributed by atoms with E-state index in [1.165, 1.54) is 38.1 Å². The van der Waals surface area contributed by atoms with E-state index in [-0.39, 0.29) is 10.8 Å². The molecule has 0 heterocycles. The lowest BCUT2D eigenvalue weighted by Gasteiger charge is -2.43. The van der Waals surface area contributed by atoms with Crippen LogP contribution in [0.15, 0.2) is 53.4 Å². The van der Waals surface area contributed by atoms with E-state index < -0.39 is 27.5 Å². The van der Waals surface area contributed by atoms with Crippen LogP contribution in [0.5, 0.6) is 0 Å². The molecule has 0 spiro atoms. The predicted molar refractivity (Wildman–Crippen MR) is 116 cm³/mol. The number of sulfonamides is 1. The summed E-state index contributed by atoms with van der Waals surface area (Å²) in [6, 6.07) is 12.1. The van der Waals surface area contributed by atoms with Crippen LogP contribution >= 0.6 is 11.6 Å². The van der Waals surface area contributed by atoms with Gasteiger partial charge < -0.3 is 10.6 Å². The second kappa shape index (κ2) is 8.75. The van der Waals surface area contributed by atoms with E-state index in [0.29, 0.717) is 10.7 Å². The van der Waals surface area contributed by atoms with Gasteiger partial charge in [0, 0.05) is 17.6 Å². The van der Waals surface area contributed by atoms with Crippen molar-refractivity contribution in [2.24, 2.45) is 0 Å². The molecular formula is C21H24ClN3O4S. The molecule has 0 unspecified atom stereocenters. The summed E-state index contributed by atoms with van der Waals surface area (Å²) in [5.74, 6) is -0.650. The molecule has 3 N–H and O–H groups in total. The highest BCUT2D eigenvalue weighted by atomic mass is 35.5. The van der Waals surface area contributed by atoms with Crippen molar-refractivity contribution in [1.82, 2.24) is 10.0 Å². The van der Waals surface area contributed by atoms with Crippen LogP contribution in [0, 0.1) is 0 Å². The third-order valence-electron chi connectivity index (χ3n) is 5.18. The Bertz CT molecular complexity index is 1030. The van der Waals surface area contributed by atoms with E-state index in [4.69, 9.17) is 11.6 Å². The van der Waals surface area contributed by atoms with Crippen molar-refractivity contribution in [2.45, 2.75) is 49.6 Å². The van der Waals surface area contributed by atoms with Crippen molar-refractivity contribution < 1.29 is 18.0 Å². The van der Waals surface area contributed by atoms with E-state index in [2.05, 4.69) is 15.4 Å². The van der Waals surface area contributed by atoms with E-state index in [1.807, 2.05) is 12.1 Å². The fourth-order valence-electron chi connectivity index (χ4n) is 3.40. The molecule has 1 fully saturated rings. The first kappa shape index (κ1) is 22.3. The van der Waals surface area contributed by atoms with Gasteiger partial charge in [0.05, 0.1) is 16.5 Å². The minimum absolute atomic E-state index is 0.00677. The molecule has 1 atom stereocenters. The molecule has 0 radical (unpaired) electrons. The lowest BCUT2D eigenvalue weighted by molar-refractivity contribution is -0.125. The van der Waals surface area contributed by atoms with Crippen molar-refractivity contribution in [3.05, 3.63) is 59.1 Å². The minimum Gasteiger partial charge on any atom is -0.345 e. The van der Waals surface area contributed by atoms with E-state index in [0.717, 1.165) is 24.8 Å². The van der Waals surface area contributed by atoms with Crippen molar-refractivity contribution in [3.8, 4) is 0 Å². The zero-order valence-corrected chi connectivity index (χ0v) is 18.3. The first-order valence-corrected chi connectivity index (χ1v) is 11.5. The number of carbonyl (C=O) groups is 2. The van der Waals surface area contributed by atoms with E-state index >= 15 is 0 Å². The number of amides is 2. The highest BCUT2D eigenvalue weighted by Crippen LogP contribution is 2.41. The molecule has 7 nitrogen and oxygen atoms in total. The molecule has 0 bridgehead atoms. The molecule has 2 amide bonds. The van der Waals surface area contributed by atoms with Gasteiger partial charge in [0.1, 0.15) is 0 Å². The normalized spacial score (nSPS) is 16.2. The lowest BCUT2D eigenvalue weighted by Crippen LogP contribution is -2.56. The Labute approximate surface area is 181 Å². The Morgan fingerprint density at radius 1 is 1.03 bits per heavy atom. The first-order chi connectivity index (χ1) is 14.1. The quantitative estimate of drug-likeness (QED) is 0.603. The van der Waals surface area contributed by atoms with Gasteiger partial charge in [-0.2, -0.15) is 4.72 Å². The van der Waals surface area contributed by atoms with Gasteiger partial charge in [-0.1, -0.05) is 23.7 Å². The Morgan fingerprint density at radius 3 is 2.13 bits per heavy atom. The molecule has 1 saturated carbocycles. The molecular weight excluding hydrogens is 426 g/mol. The molecule has 3 rings (SSSR count). The minimum atomic E-state index is -3.91. The second-order valence-corrected chi connectivity index (χ2v) is 9.63. The third kappa shape index (κ3) is 5.00. The third-order valence-corrected chi connectivity index (χ3v) is 6.99. The molecule has 2 aromatic rings. The van der Waals surface area contributed by atoms with Crippen LogP contribution in [-0.4, -0.2) is 26.3 Å². The van der Waals surface area contributed by atoms with Crippen molar-refractivity contribution in [2.75, 3.05) is 5.32 Å². The van der Waals surface area contributed by atoms with Crippen LogP contribution < -0.4 is 15.4 Å². The summed E-state index contributed by atoms with van der Waals surface area (Å²) in [4.78, 5) is 23.9. The molecule has 0 aromatic heterocycles. The van der Waals surface area contributed by atoms with Crippen LogP contribution in [-0.2, 0) is 25.2 Å². The lowest BCUT2D eigenvalue weighted by atomic mass is 9.71. The number of rotatable bonds is 7. The van der Waals surface area contributed by atoms with Gasteiger partial charge >= 0.3 is 0 Å². The average molecular weight is 450 g/mol. The number of hydrogen-bond donors (Lipinski definition) is 3. The first-order valence-electron chi connectivity index (χ1n) is 9.59. The number of hydrogen-bond acceptors (Lipinski definition) is 4. The average Bonchev–Trinajstić information content (AvgIpc) is 2.65. The zero-order chi connectivity index (χ0) is 21.9. The molecule has 30 heavy (non-hydrogen) atoms. The van der Waals surface area contributed by atoms with Crippen LogP contribution in [0.1, 0.15) is 38.7 Å². The summed E-state index contributed by atoms with van der Waals surface area (Å²) >= 11 is 5.96. The van der Waals surface area contributed by atoms with Gasteiger partial charge in [0.15, 0.2) is 0 Å². The van der Waals surface area contributed by atoms with Crippen LogP contribution in [0.4, 0.5) is 5.69 Å². The van der Waals surface area contributed by atoms with Crippen molar-refractivity contribution in [3.63, 3.8) is 0 Å². The van der Waals surface area contributed by atoms with Gasteiger partial charge in [-0.25, -0.2) is 8.42 Å². The zero-order valence-electron chi connectivity index (χ0n) is 16.7. The number of anilines is 1. The summed E-state index contributed by atoms with van der Waals surface area (Å²) in [5.41, 5.74) is 0.943. The maximum atomic E-state index is 12.8. The molecule has 160 valence electrons. The topological polar surface area (TPSA) is 104 Å². The van der Waals surface area contributed by atoms with Gasteiger partial charge in [-0.15, -0.1) is 0 Å². The molecule has 1 aliphatic carbocycles. The van der Waals surface area contributed by atoms with Gasteiger partial charge in [0.25, 0.3) is 0 Å². The predicted octanol–water partition coefficient (Wildman–Crippen LogP) is 3.16. The molecule has 0 saturated heterocycles. The Balaban J connectivity index is 1.68. The molecule has 2 aromatic carbocycles. The smallest absolute Gasteiger partial charge is 0.241 e. The number of benzene rings is 2. The van der Waals surface area contributed by atoms with Crippen LogP contribution in [0.3, 0.4) is 0 Å². The summed E-state index contributed by atoms with van der Waals surface area (Å²) in [7, 11) is -3.91. The van der Waals surface area contributed by atoms with Gasteiger partial charge in [-0.05, 0) is 68.1 Å². The Hall–Kier alpha value is -2.42. The van der Waals surface area contributed by atoms with Crippen LogP contribution in [0.2, 0.25) is 5.02 Å². The number of halogens is 1. The standard InChI is InChI=1S/C21H24ClN3O4S/c1-14(25-30(28,29)19-10-8-18(9-11-19)23-15(2)26)20(27)24-21(12-3-13-21)16-4-6-17(22)7-5-16/h4-11,14,25H,3,12-13H2,1-2H3,(H,23,26)(H,24,27)/t14-/m0/s1. The fourth-order valence-corrected chi connectivity index (χ4v) is 4.73. The highest BCUT2D eigenvalue weighted by molar-refractivity contribution is 7.89. The molecule has 9 heteroatoms. The van der Waals surface area contributed by atoms with Crippen molar-refractivity contribution >= 4 is 39.1 Å². The maximum absolute atomic E-state index is 12.8. The maximum Gasteiger partial charge on any atom is 0.241 e.